The van der Waals surface area contributed by atoms with Crippen LogP contribution in [0.3, 0.4) is 0 Å². The van der Waals surface area contributed by atoms with Crippen LogP contribution in [0, 0.1) is 12.7 Å². The van der Waals surface area contributed by atoms with Crippen LogP contribution in [-0.4, -0.2) is 15.5 Å². The Morgan fingerprint density at radius 3 is 2.62 bits per heavy atom. The number of aryl methyl sites for hydroxylation is 2. The fraction of sp³-hybridized carbons (Fsp3) is 0.0800. The lowest BCUT2D eigenvalue weighted by molar-refractivity contribution is -0.111. The number of aromatic nitrogens is 2. The number of anilines is 1. The Hall–Kier alpha value is -4.26. The molecule has 2 aromatic heterocycles. The van der Waals surface area contributed by atoms with E-state index in [9.17, 15) is 14.0 Å². The van der Waals surface area contributed by atoms with Crippen LogP contribution in [0.5, 0.6) is 11.5 Å². The van der Waals surface area contributed by atoms with Gasteiger partial charge in [0, 0.05) is 47.2 Å². The number of carbonyl (C=O) groups excluding carboxylic acids is 1. The third kappa shape index (κ3) is 3.88. The summed E-state index contributed by atoms with van der Waals surface area (Å²) >= 11 is 0. The van der Waals surface area contributed by atoms with E-state index in [-0.39, 0.29) is 17.2 Å². The third-order valence-electron chi connectivity index (χ3n) is 5.06. The predicted molar refractivity (Wildman–Crippen MR) is 122 cm³/mol. The Morgan fingerprint density at radius 2 is 1.91 bits per heavy atom. The second kappa shape index (κ2) is 8.47. The number of hydrogen-bond donors (Lipinski definition) is 1. The summed E-state index contributed by atoms with van der Waals surface area (Å²) in [6.45, 7) is 5.17. The number of amides is 1. The van der Waals surface area contributed by atoms with E-state index in [4.69, 9.17) is 4.74 Å². The molecule has 0 bridgehead atoms. The number of hydrogen-bond acceptors (Lipinski definition) is 4. The van der Waals surface area contributed by atoms with Gasteiger partial charge in [-0.3, -0.25) is 14.6 Å². The van der Waals surface area contributed by atoms with Crippen molar-refractivity contribution in [2.24, 2.45) is 7.05 Å². The number of fused-ring (bicyclic) bond motifs is 1. The molecule has 160 valence electrons. The van der Waals surface area contributed by atoms with Gasteiger partial charge in [-0.2, -0.15) is 0 Å². The average Bonchev–Trinajstić information content (AvgIpc) is 2.79. The molecule has 0 aliphatic heterocycles. The van der Waals surface area contributed by atoms with Crippen molar-refractivity contribution in [1.29, 1.82) is 0 Å². The molecule has 0 aliphatic carbocycles. The monoisotopic (exact) mass is 429 g/mol. The van der Waals surface area contributed by atoms with Crippen LogP contribution in [0.2, 0.25) is 0 Å². The molecule has 0 saturated heterocycles. The van der Waals surface area contributed by atoms with Crippen molar-refractivity contribution in [3.63, 3.8) is 0 Å². The predicted octanol–water partition coefficient (Wildman–Crippen LogP) is 4.96. The number of carbonyl (C=O) groups is 1. The zero-order valence-corrected chi connectivity index (χ0v) is 17.6. The van der Waals surface area contributed by atoms with Gasteiger partial charge in [-0.1, -0.05) is 24.8 Å². The summed E-state index contributed by atoms with van der Waals surface area (Å²) in [5, 5.41) is 3.97. The summed E-state index contributed by atoms with van der Waals surface area (Å²) in [6.07, 6.45) is 5.46. The van der Waals surface area contributed by atoms with Crippen molar-refractivity contribution in [2.75, 3.05) is 5.32 Å². The fourth-order valence-electron chi connectivity index (χ4n) is 3.49. The molecule has 7 heteroatoms. The number of halogens is 1. The van der Waals surface area contributed by atoms with Gasteiger partial charge in [0.1, 0.15) is 5.75 Å². The highest BCUT2D eigenvalue weighted by molar-refractivity contribution is 6.01. The molecule has 0 radical (unpaired) electrons. The van der Waals surface area contributed by atoms with Crippen molar-refractivity contribution >= 4 is 22.4 Å². The van der Waals surface area contributed by atoms with E-state index >= 15 is 0 Å². The van der Waals surface area contributed by atoms with Crippen LogP contribution in [0.1, 0.15) is 5.56 Å². The molecule has 0 spiro atoms. The molecule has 4 aromatic rings. The normalized spacial score (nSPS) is 10.7. The Bertz CT molecular complexity index is 1410. The summed E-state index contributed by atoms with van der Waals surface area (Å²) in [5.74, 6) is -0.548. The fourth-order valence-corrected chi connectivity index (χ4v) is 3.49. The van der Waals surface area contributed by atoms with Gasteiger partial charge in [-0.15, -0.1) is 0 Å². The van der Waals surface area contributed by atoms with Crippen LogP contribution in [-0.2, 0) is 11.8 Å². The molecule has 0 saturated carbocycles. The molecule has 0 fully saturated rings. The molecule has 0 atom stereocenters. The number of rotatable bonds is 5. The quantitative estimate of drug-likeness (QED) is 0.455. The largest absolute Gasteiger partial charge is 0.453 e. The van der Waals surface area contributed by atoms with Crippen LogP contribution >= 0.6 is 0 Å². The van der Waals surface area contributed by atoms with Gasteiger partial charge in [0.15, 0.2) is 11.6 Å². The van der Waals surface area contributed by atoms with Crippen molar-refractivity contribution < 1.29 is 13.9 Å². The van der Waals surface area contributed by atoms with E-state index in [2.05, 4.69) is 16.9 Å². The molecule has 0 unspecified atom stereocenters. The van der Waals surface area contributed by atoms with Crippen LogP contribution in [0.4, 0.5) is 10.1 Å². The number of nitrogens with zero attached hydrogens (tertiary/aromatic N) is 2. The minimum absolute atomic E-state index is 0.0539. The van der Waals surface area contributed by atoms with Gasteiger partial charge >= 0.3 is 0 Å². The smallest absolute Gasteiger partial charge is 0.258 e. The molecular formula is C25H20FN3O3. The summed E-state index contributed by atoms with van der Waals surface area (Å²) in [6, 6.07) is 12.2. The highest BCUT2D eigenvalue weighted by Crippen LogP contribution is 2.39. The van der Waals surface area contributed by atoms with Gasteiger partial charge < -0.3 is 14.6 Å². The number of pyridine rings is 2. The van der Waals surface area contributed by atoms with Gasteiger partial charge in [-0.05, 0) is 42.7 Å². The lowest BCUT2D eigenvalue weighted by atomic mass is 9.99. The molecular weight excluding hydrogens is 409 g/mol. The molecule has 1 N–H and O–H groups in total. The van der Waals surface area contributed by atoms with Gasteiger partial charge in [0.25, 0.3) is 5.56 Å². The van der Waals surface area contributed by atoms with Crippen LogP contribution in [0.25, 0.3) is 21.9 Å². The minimum atomic E-state index is -0.592. The molecule has 1 amide bonds. The lowest BCUT2D eigenvalue weighted by Crippen LogP contribution is -2.16. The highest BCUT2D eigenvalue weighted by Gasteiger charge is 2.17. The highest BCUT2D eigenvalue weighted by atomic mass is 19.1. The van der Waals surface area contributed by atoms with Gasteiger partial charge in [-0.25, -0.2) is 4.39 Å². The summed E-state index contributed by atoms with van der Waals surface area (Å²) in [5.41, 5.74) is 2.17. The molecule has 32 heavy (non-hydrogen) atoms. The second-order valence-electron chi connectivity index (χ2n) is 7.28. The van der Waals surface area contributed by atoms with Crippen molar-refractivity contribution in [2.45, 2.75) is 6.92 Å². The first-order valence-electron chi connectivity index (χ1n) is 9.83. The third-order valence-corrected chi connectivity index (χ3v) is 5.06. The second-order valence-corrected chi connectivity index (χ2v) is 7.28. The number of ether oxygens (including phenoxy) is 1. The maximum Gasteiger partial charge on any atom is 0.258 e. The maximum atomic E-state index is 14.4. The van der Waals surface area contributed by atoms with Gasteiger partial charge in [0.05, 0.1) is 6.20 Å². The Morgan fingerprint density at radius 1 is 1.16 bits per heavy atom. The Labute approximate surface area is 183 Å². The summed E-state index contributed by atoms with van der Waals surface area (Å²) < 4.78 is 21.9. The van der Waals surface area contributed by atoms with E-state index in [1.54, 1.807) is 50.5 Å². The van der Waals surface area contributed by atoms with E-state index < -0.39 is 5.82 Å². The average molecular weight is 429 g/mol. The van der Waals surface area contributed by atoms with E-state index in [1.165, 1.54) is 16.8 Å². The van der Waals surface area contributed by atoms with Crippen molar-refractivity contribution in [3.8, 4) is 22.6 Å². The number of nitrogens with one attached hydrogen (secondary N) is 1. The Balaban J connectivity index is 1.97. The lowest BCUT2D eigenvalue weighted by Gasteiger charge is -2.17. The zero-order chi connectivity index (χ0) is 22.8. The van der Waals surface area contributed by atoms with Gasteiger partial charge in [0.2, 0.25) is 5.91 Å². The number of benzene rings is 2. The maximum absolute atomic E-state index is 14.4. The molecule has 2 heterocycles. The van der Waals surface area contributed by atoms with E-state index in [0.29, 0.717) is 38.9 Å². The molecule has 6 nitrogen and oxygen atoms in total. The van der Waals surface area contributed by atoms with Crippen molar-refractivity contribution in [3.05, 3.63) is 95.4 Å². The molecule has 0 aliphatic rings. The topological polar surface area (TPSA) is 73.2 Å². The van der Waals surface area contributed by atoms with E-state index in [1.807, 2.05) is 12.1 Å². The summed E-state index contributed by atoms with van der Waals surface area (Å²) in [4.78, 5) is 28.3. The first-order chi connectivity index (χ1) is 15.4. The zero-order valence-electron chi connectivity index (χ0n) is 17.6. The standard InChI is InChI=1S/C25H20FN3O3/c1-4-23(30)28-16-9-10-22(32-24-15(2)12-27-13-21(24)26)19(11-16)20-14-29(3)25(31)18-8-6-5-7-17(18)20/h4-14H,1H2,2-3H3,(H,28,30). The molecule has 4 rings (SSSR count). The van der Waals surface area contributed by atoms with Crippen LogP contribution in [0.15, 0.2) is 78.5 Å². The minimum Gasteiger partial charge on any atom is -0.453 e. The Kier molecular flexibility index (Phi) is 5.55. The van der Waals surface area contributed by atoms with E-state index in [0.717, 1.165) is 6.20 Å². The first-order valence-corrected chi connectivity index (χ1v) is 9.83. The van der Waals surface area contributed by atoms with Crippen LogP contribution < -0.4 is 15.6 Å². The summed E-state index contributed by atoms with van der Waals surface area (Å²) in [7, 11) is 1.66. The molecule has 2 aromatic carbocycles. The first kappa shape index (κ1) is 21.0. The SMILES string of the molecule is C=CC(=O)Nc1ccc(Oc2c(C)cncc2F)c(-c2cn(C)c(=O)c3ccccc23)c1. The van der Waals surface area contributed by atoms with Crippen molar-refractivity contribution in [1.82, 2.24) is 9.55 Å².